The van der Waals surface area contributed by atoms with Crippen molar-refractivity contribution in [2.75, 3.05) is 0 Å². The Balaban J connectivity index is 4.89. The summed E-state index contributed by atoms with van der Waals surface area (Å²) in [5.41, 5.74) is 7.94. The van der Waals surface area contributed by atoms with Crippen LogP contribution in [0.15, 0.2) is 47.6 Å². The monoisotopic (exact) mass is 246 g/mol. The molecule has 0 rings (SSSR count). The van der Waals surface area contributed by atoms with Gasteiger partial charge in [-0.2, -0.15) is 0 Å². The van der Waals surface area contributed by atoms with Crippen molar-refractivity contribution in [3.8, 4) is 0 Å². The van der Waals surface area contributed by atoms with Crippen molar-refractivity contribution in [2.24, 2.45) is 11.7 Å². The first-order valence-corrected chi connectivity index (χ1v) is 5.94. The second kappa shape index (κ2) is 8.23. The largest absolute Gasteiger partial charge is 0.369 e. The third-order valence-electron chi connectivity index (χ3n) is 2.46. The summed E-state index contributed by atoms with van der Waals surface area (Å²) in [4.78, 5) is 11.0. The summed E-state index contributed by atoms with van der Waals surface area (Å²) in [6.45, 7) is 9.87. The fourth-order valence-corrected chi connectivity index (χ4v) is 1.33. The Bertz CT molecular complexity index is 414. The van der Waals surface area contributed by atoms with E-state index in [0.29, 0.717) is 0 Å². The van der Waals surface area contributed by atoms with Crippen molar-refractivity contribution in [1.29, 1.82) is 5.41 Å². The summed E-state index contributed by atoms with van der Waals surface area (Å²) in [7, 11) is 0. The maximum atomic E-state index is 11.0. The second-order valence-corrected chi connectivity index (χ2v) is 4.17. The molecule has 0 aromatic carbocycles. The summed E-state index contributed by atoms with van der Waals surface area (Å²) in [5.74, 6) is -1.19. The van der Waals surface area contributed by atoms with Crippen molar-refractivity contribution in [1.82, 2.24) is 0 Å². The minimum Gasteiger partial charge on any atom is -0.369 e. The molecule has 1 unspecified atom stereocenters. The molecule has 98 valence electrons. The summed E-state index contributed by atoms with van der Waals surface area (Å²) < 4.78 is 0. The molecule has 18 heavy (non-hydrogen) atoms. The quantitative estimate of drug-likeness (QED) is 0.526. The molecular formula is C15H22N2O. The van der Waals surface area contributed by atoms with E-state index in [9.17, 15) is 4.79 Å². The Hall–Kier alpha value is -1.90. The number of hydrogen-bond acceptors (Lipinski definition) is 2. The standard InChI is InChI=1S/C15H22N2O/c1-5-6-7-11(2)8-12(3)13(4)9-14(10-16)15(17)18/h6-10,14,16H,3,5H2,1-2,4H3,(H2,17,18)/b7-6-,11-8-,13-9+,16-10?. The lowest BCUT2D eigenvalue weighted by Crippen LogP contribution is -2.22. The summed E-state index contributed by atoms with van der Waals surface area (Å²) in [5, 5.41) is 7.13. The number of carbonyl (C=O) groups is 1. The number of primary amides is 1. The van der Waals surface area contributed by atoms with Gasteiger partial charge in [0.2, 0.25) is 5.91 Å². The fourth-order valence-electron chi connectivity index (χ4n) is 1.33. The molecule has 0 saturated carbocycles. The highest BCUT2D eigenvalue weighted by Crippen LogP contribution is 2.14. The van der Waals surface area contributed by atoms with E-state index in [1.165, 1.54) is 0 Å². The van der Waals surface area contributed by atoms with Crippen LogP contribution in [0.1, 0.15) is 27.2 Å². The zero-order valence-electron chi connectivity index (χ0n) is 11.4. The molecule has 0 aromatic heterocycles. The molecule has 3 heteroatoms. The van der Waals surface area contributed by atoms with Gasteiger partial charge in [0, 0.05) is 6.21 Å². The van der Waals surface area contributed by atoms with Gasteiger partial charge in [0.25, 0.3) is 0 Å². The van der Waals surface area contributed by atoms with E-state index in [0.717, 1.165) is 29.4 Å². The normalized spacial score (nSPS) is 14.6. The van der Waals surface area contributed by atoms with E-state index >= 15 is 0 Å². The lowest BCUT2D eigenvalue weighted by atomic mass is 10.0. The van der Waals surface area contributed by atoms with Crippen LogP contribution >= 0.6 is 0 Å². The molecule has 0 bridgehead atoms. The SMILES string of the molecule is C=C(/C=C(C)\C=C/CC)/C(C)=C/C(C=N)C(N)=O. The van der Waals surface area contributed by atoms with Crippen LogP contribution in [0.3, 0.4) is 0 Å². The first-order valence-electron chi connectivity index (χ1n) is 5.94. The molecular weight excluding hydrogens is 224 g/mol. The molecule has 0 aliphatic rings. The molecule has 0 aliphatic carbocycles. The number of amides is 1. The molecule has 3 nitrogen and oxygen atoms in total. The molecule has 0 fully saturated rings. The van der Waals surface area contributed by atoms with Gasteiger partial charge in [-0.15, -0.1) is 0 Å². The van der Waals surface area contributed by atoms with Crippen LogP contribution in [0.4, 0.5) is 0 Å². The highest BCUT2D eigenvalue weighted by atomic mass is 16.1. The highest BCUT2D eigenvalue weighted by molar-refractivity contribution is 5.93. The molecule has 0 spiro atoms. The lowest BCUT2D eigenvalue weighted by Gasteiger charge is -2.06. The van der Waals surface area contributed by atoms with Gasteiger partial charge in [-0.05, 0) is 31.4 Å². The molecule has 3 N–H and O–H groups in total. The van der Waals surface area contributed by atoms with Crippen molar-refractivity contribution in [3.63, 3.8) is 0 Å². The zero-order chi connectivity index (χ0) is 14.1. The van der Waals surface area contributed by atoms with Crippen LogP contribution in [0.2, 0.25) is 0 Å². The van der Waals surface area contributed by atoms with Crippen LogP contribution in [-0.4, -0.2) is 12.1 Å². The van der Waals surface area contributed by atoms with Crippen LogP contribution in [0.5, 0.6) is 0 Å². The van der Waals surface area contributed by atoms with Crippen molar-refractivity contribution in [2.45, 2.75) is 27.2 Å². The van der Waals surface area contributed by atoms with E-state index in [1.54, 1.807) is 6.08 Å². The number of nitrogens with one attached hydrogen (secondary N) is 1. The Morgan fingerprint density at radius 3 is 2.50 bits per heavy atom. The Morgan fingerprint density at radius 2 is 2.06 bits per heavy atom. The minimum absolute atomic E-state index is 0.524. The van der Waals surface area contributed by atoms with Gasteiger partial charge < -0.3 is 11.1 Å². The average Bonchev–Trinajstić information content (AvgIpc) is 2.32. The van der Waals surface area contributed by atoms with Crippen molar-refractivity contribution in [3.05, 3.63) is 47.6 Å². The highest BCUT2D eigenvalue weighted by Gasteiger charge is 2.09. The number of rotatable bonds is 7. The number of hydrogen-bond donors (Lipinski definition) is 2. The van der Waals surface area contributed by atoms with E-state index in [-0.39, 0.29) is 0 Å². The minimum atomic E-state index is -0.665. The van der Waals surface area contributed by atoms with E-state index < -0.39 is 11.8 Å². The van der Waals surface area contributed by atoms with Crippen LogP contribution in [-0.2, 0) is 4.79 Å². The van der Waals surface area contributed by atoms with Crippen molar-refractivity contribution >= 4 is 12.1 Å². The molecule has 0 heterocycles. The Morgan fingerprint density at radius 1 is 1.44 bits per heavy atom. The van der Waals surface area contributed by atoms with Crippen LogP contribution in [0.25, 0.3) is 0 Å². The smallest absolute Gasteiger partial charge is 0.229 e. The van der Waals surface area contributed by atoms with Gasteiger partial charge in [-0.25, -0.2) is 0 Å². The summed E-state index contributed by atoms with van der Waals surface area (Å²) >= 11 is 0. The number of carbonyl (C=O) groups excluding carboxylic acids is 1. The third-order valence-corrected chi connectivity index (χ3v) is 2.46. The summed E-state index contributed by atoms with van der Waals surface area (Å²) in [6, 6.07) is 0. The van der Waals surface area contributed by atoms with Gasteiger partial charge in [-0.3, -0.25) is 4.79 Å². The maximum Gasteiger partial charge on any atom is 0.229 e. The van der Waals surface area contributed by atoms with Crippen LogP contribution in [0, 0.1) is 11.3 Å². The van der Waals surface area contributed by atoms with Gasteiger partial charge in [-0.1, -0.05) is 43.4 Å². The van der Waals surface area contributed by atoms with E-state index in [4.69, 9.17) is 11.1 Å². The van der Waals surface area contributed by atoms with Gasteiger partial charge in [0.1, 0.15) is 0 Å². The maximum absolute atomic E-state index is 11.0. The Kier molecular flexibility index (Phi) is 7.36. The topological polar surface area (TPSA) is 66.9 Å². The second-order valence-electron chi connectivity index (χ2n) is 4.17. The summed E-state index contributed by atoms with van der Waals surface area (Å²) in [6.07, 6.45) is 9.73. The molecule has 1 amide bonds. The molecule has 0 aliphatic heterocycles. The first-order chi connectivity index (χ1) is 8.42. The van der Waals surface area contributed by atoms with Crippen LogP contribution < -0.4 is 5.73 Å². The lowest BCUT2D eigenvalue weighted by molar-refractivity contribution is -0.118. The van der Waals surface area contributed by atoms with Gasteiger partial charge in [0.05, 0.1) is 5.92 Å². The zero-order valence-corrected chi connectivity index (χ0v) is 11.4. The molecule has 0 saturated heterocycles. The molecule has 1 atom stereocenters. The van der Waals surface area contributed by atoms with E-state index in [1.807, 2.05) is 26.0 Å². The van der Waals surface area contributed by atoms with Gasteiger partial charge in [0.15, 0.2) is 0 Å². The van der Waals surface area contributed by atoms with Crippen molar-refractivity contribution < 1.29 is 4.79 Å². The molecule has 0 aromatic rings. The average molecular weight is 246 g/mol. The van der Waals surface area contributed by atoms with E-state index in [2.05, 4.69) is 19.6 Å². The number of allylic oxidation sites excluding steroid dienone is 6. The fraction of sp³-hybridized carbons (Fsp3) is 0.333. The number of nitrogens with two attached hydrogens (primary N) is 1. The molecule has 0 radical (unpaired) electrons. The predicted molar refractivity (Wildman–Crippen MR) is 77.6 cm³/mol. The van der Waals surface area contributed by atoms with Gasteiger partial charge >= 0.3 is 0 Å². The third kappa shape index (κ3) is 5.99. The Labute approximate surface area is 109 Å². The predicted octanol–water partition coefficient (Wildman–Crippen LogP) is 3.15. The first kappa shape index (κ1) is 16.1.